The van der Waals surface area contributed by atoms with E-state index in [1.165, 1.54) is 12.8 Å². The summed E-state index contributed by atoms with van der Waals surface area (Å²) >= 11 is 6.65. The molecular weight excluding hydrogens is 540 g/mol. The maximum Gasteiger partial charge on any atom is 0.251 e. The zero-order valence-electron chi connectivity index (χ0n) is 24.3. The lowest BCUT2D eigenvalue weighted by Gasteiger charge is -2.33. The van der Waals surface area contributed by atoms with Crippen molar-refractivity contribution in [2.75, 3.05) is 39.3 Å². The summed E-state index contributed by atoms with van der Waals surface area (Å²) in [5, 5.41) is 7.28. The molecule has 0 spiro atoms. The minimum atomic E-state index is -0.834. The molecule has 2 fully saturated rings. The number of carbonyl (C=O) groups is 2. The van der Waals surface area contributed by atoms with Crippen LogP contribution in [0.2, 0.25) is 5.02 Å². The van der Waals surface area contributed by atoms with Gasteiger partial charge in [-0.3, -0.25) is 14.5 Å². The van der Waals surface area contributed by atoms with E-state index in [1.807, 2.05) is 56.0 Å². The predicted molar refractivity (Wildman–Crippen MR) is 161 cm³/mol. The summed E-state index contributed by atoms with van der Waals surface area (Å²) in [5.74, 6) is 0.441. The van der Waals surface area contributed by atoms with Gasteiger partial charge in [0, 0.05) is 36.9 Å². The van der Waals surface area contributed by atoms with Crippen LogP contribution in [0.25, 0.3) is 11.0 Å². The van der Waals surface area contributed by atoms with Crippen LogP contribution < -0.4 is 15.5 Å². The summed E-state index contributed by atoms with van der Waals surface area (Å²) in [6.45, 7) is 10.5. The van der Waals surface area contributed by atoms with Crippen LogP contribution in [0.5, 0.6) is 0 Å². The highest BCUT2D eigenvalue weighted by molar-refractivity contribution is 6.35. The van der Waals surface area contributed by atoms with Crippen LogP contribution in [0.4, 0.5) is 0 Å². The molecule has 10 heteroatoms. The van der Waals surface area contributed by atoms with Crippen molar-refractivity contribution in [1.29, 1.82) is 0 Å². The van der Waals surface area contributed by atoms with E-state index in [1.54, 1.807) is 16.9 Å². The van der Waals surface area contributed by atoms with Gasteiger partial charge >= 0.3 is 0 Å². The van der Waals surface area contributed by atoms with E-state index < -0.39 is 5.54 Å². The van der Waals surface area contributed by atoms with E-state index in [0.29, 0.717) is 41.6 Å². The molecule has 3 aliphatic rings. The molecule has 2 saturated heterocycles. The fraction of sp³-hybridized carbons (Fsp3) is 0.516. The minimum Gasteiger partial charge on any atom is -0.411 e. The Balaban J connectivity index is 1.40. The molecule has 0 radical (unpaired) electrons. The Bertz CT molecular complexity index is 1380. The molecule has 2 N–H and O–H groups in total. The second kappa shape index (κ2) is 12.7. The number of fused-ring (bicyclic) bond motifs is 1. The Morgan fingerprint density at radius 3 is 2.78 bits per heavy atom. The maximum atomic E-state index is 13.6. The van der Waals surface area contributed by atoms with Crippen LogP contribution in [0.15, 0.2) is 53.8 Å². The SMILES string of the molecule is CC=CC(=O)N1CCCCC(NC(=O)C2=CC(C)(c3nc4cccc(Cl)c4n3OCCN3CCCC3)NC(C)=C2)C1. The van der Waals surface area contributed by atoms with Crippen molar-refractivity contribution in [2.45, 2.75) is 64.5 Å². The zero-order valence-corrected chi connectivity index (χ0v) is 25.0. The van der Waals surface area contributed by atoms with E-state index in [0.717, 1.165) is 50.1 Å². The quantitative estimate of drug-likeness (QED) is 0.460. The molecule has 220 valence electrons. The summed E-state index contributed by atoms with van der Waals surface area (Å²) < 4.78 is 1.74. The molecular formula is C31H41ClN6O3. The van der Waals surface area contributed by atoms with Crippen LogP contribution >= 0.6 is 11.6 Å². The first-order valence-electron chi connectivity index (χ1n) is 14.7. The molecule has 2 aromatic rings. The van der Waals surface area contributed by atoms with Crippen LogP contribution in [0, 0.1) is 0 Å². The number of para-hydroxylation sites is 1. The Morgan fingerprint density at radius 1 is 1.22 bits per heavy atom. The zero-order chi connectivity index (χ0) is 29.0. The number of aromatic nitrogens is 2. The summed E-state index contributed by atoms with van der Waals surface area (Å²) in [6.07, 6.45) is 12.3. The van der Waals surface area contributed by atoms with Gasteiger partial charge < -0.3 is 20.4 Å². The fourth-order valence-corrected chi connectivity index (χ4v) is 6.32. The molecule has 41 heavy (non-hydrogen) atoms. The number of carbonyl (C=O) groups excluding carboxylic acids is 2. The molecule has 2 unspecified atom stereocenters. The number of rotatable bonds is 8. The standard InChI is InChI=1S/C31H41ClN6O3/c1-4-10-27(39)37-16-6-5-11-24(21-37)33-29(40)23-19-22(2)35-31(3,20-23)30-34-26-13-9-12-25(32)28(26)38(30)41-18-17-36-14-7-8-15-36/h4,9-10,12-13,19-20,24,35H,5-8,11,14-18,21H2,1-3H3,(H,33,40). The Hall–Kier alpha value is -3.30. The van der Waals surface area contributed by atoms with Crippen molar-refractivity contribution in [1.82, 2.24) is 30.1 Å². The lowest BCUT2D eigenvalue weighted by atomic mass is 9.92. The summed E-state index contributed by atoms with van der Waals surface area (Å²) in [7, 11) is 0. The molecule has 1 aromatic heterocycles. The number of benzene rings is 1. The molecule has 2 amide bonds. The third-order valence-electron chi connectivity index (χ3n) is 8.04. The maximum absolute atomic E-state index is 13.6. The lowest BCUT2D eigenvalue weighted by molar-refractivity contribution is -0.127. The van der Waals surface area contributed by atoms with Gasteiger partial charge in [-0.05, 0) is 96.3 Å². The number of hydrogen-bond donors (Lipinski definition) is 2. The number of nitrogens with one attached hydrogen (secondary N) is 2. The highest BCUT2D eigenvalue weighted by Crippen LogP contribution is 2.33. The van der Waals surface area contributed by atoms with E-state index in [4.69, 9.17) is 21.4 Å². The number of allylic oxidation sites excluding steroid dienone is 2. The van der Waals surface area contributed by atoms with Crippen molar-refractivity contribution >= 4 is 34.4 Å². The van der Waals surface area contributed by atoms with Gasteiger partial charge in [0.25, 0.3) is 5.91 Å². The summed E-state index contributed by atoms with van der Waals surface area (Å²) in [6, 6.07) is 5.52. The minimum absolute atomic E-state index is 0.0136. The predicted octanol–water partition coefficient (Wildman–Crippen LogP) is 3.94. The number of dihydropyridines is 1. The summed E-state index contributed by atoms with van der Waals surface area (Å²) in [4.78, 5) is 41.7. The van der Waals surface area contributed by atoms with Gasteiger partial charge in [0.05, 0.1) is 10.5 Å². The second-order valence-corrected chi connectivity index (χ2v) is 11.8. The molecule has 3 aliphatic heterocycles. The molecule has 0 bridgehead atoms. The van der Waals surface area contributed by atoms with E-state index in [-0.39, 0.29) is 17.9 Å². The second-order valence-electron chi connectivity index (χ2n) is 11.4. The number of amides is 2. The highest BCUT2D eigenvalue weighted by Gasteiger charge is 2.36. The van der Waals surface area contributed by atoms with E-state index >= 15 is 0 Å². The van der Waals surface area contributed by atoms with Crippen LogP contribution in [-0.2, 0) is 15.1 Å². The number of likely N-dealkylation sites (tertiary alicyclic amines) is 2. The average molecular weight is 581 g/mol. The first kappa shape index (κ1) is 29.2. The number of halogens is 1. The first-order chi connectivity index (χ1) is 19.8. The largest absolute Gasteiger partial charge is 0.411 e. The van der Waals surface area contributed by atoms with Crippen molar-refractivity contribution in [2.24, 2.45) is 0 Å². The number of hydrogen-bond acceptors (Lipinski definition) is 6. The monoisotopic (exact) mass is 580 g/mol. The van der Waals surface area contributed by atoms with Gasteiger partial charge in [0.15, 0.2) is 5.82 Å². The van der Waals surface area contributed by atoms with Crippen molar-refractivity contribution < 1.29 is 14.4 Å². The van der Waals surface area contributed by atoms with Crippen LogP contribution in [0.1, 0.15) is 58.7 Å². The topological polar surface area (TPSA) is 91.7 Å². The molecule has 5 rings (SSSR count). The third-order valence-corrected chi connectivity index (χ3v) is 8.35. The fourth-order valence-electron chi connectivity index (χ4n) is 6.08. The van der Waals surface area contributed by atoms with E-state index in [2.05, 4.69) is 15.5 Å². The van der Waals surface area contributed by atoms with Gasteiger partial charge in [-0.2, -0.15) is 4.73 Å². The molecule has 2 atom stereocenters. The van der Waals surface area contributed by atoms with Crippen molar-refractivity contribution in [3.8, 4) is 0 Å². The van der Waals surface area contributed by atoms with Crippen molar-refractivity contribution in [3.63, 3.8) is 0 Å². The third kappa shape index (κ3) is 6.62. The van der Waals surface area contributed by atoms with Gasteiger partial charge in [-0.1, -0.05) is 23.7 Å². The lowest BCUT2D eigenvalue weighted by Crippen LogP contribution is -2.47. The average Bonchev–Trinajstić information content (AvgIpc) is 3.52. The number of imidazole rings is 1. The molecule has 0 saturated carbocycles. The van der Waals surface area contributed by atoms with Gasteiger partial charge in [0.2, 0.25) is 5.91 Å². The van der Waals surface area contributed by atoms with E-state index in [9.17, 15) is 9.59 Å². The van der Waals surface area contributed by atoms with Gasteiger partial charge in [-0.15, -0.1) is 0 Å². The molecule has 0 aliphatic carbocycles. The van der Waals surface area contributed by atoms with Crippen LogP contribution in [-0.4, -0.2) is 76.7 Å². The van der Waals surface area contributed by atoms with Gasteiger partial charge in [-0.25, -0.2) is 4.98 Å². The highest BCUT2D eigenvalue weighted by atomic mass is 35.5. The van der Waals surface area contributed by atoms with Gasteiger partial charge in [0.1, 0.15) is 17.7 Å². The Morgan fingerprint density at radius 2 is 2.00 bits per heavy atom. The molecule has 9 nitrogen and oxygen atoms in total. The molecule has 4 heterocycles. The Kier molecular flexibility index (Phi) is 9.04. The van der Waals surface area contributed by atoms with Crippen LogP contribution in [0.3, 0.4) is 0 Å². The smallest absolute Gasteiger partial charge is 0.251 e. The normalized spacial score (nSPS) is 23.7. The van der Waals surface area contributed by atoms with Crippen molar-refractivity contribution in [3.05, 3.63) is 64.6 Å². The first-order valence-corrected chi connectivity index (χ1v) is 15.1. The summed E-state index contributed by atoms with van der Waals surface area (Å²) in [5.41, 5.74) is 1.99. The Labute approximate surface area is 247 Å². The molecule has 1 aromatic carbocycles. The number of nitrogens with zero attached hydrogens (tertiary/aromatic N) is 4.